The number of piperidine rings is 1. The summed E-state index contributed by atoms with van der Waals surface area (Å²) in [5.41, 5.74) is 3.85. The number of pyridine rings is 2. The van der Waals surface area contributed by atoms with Gasteiger partial charge in [-0.2, -0.15) is 0 Å². The van der Waals surface area contributed by atoms with Crippen LogP contribution in [0.1, 0.15) is 39.2 Å². The largest absolute Gasteiger partial charge is 0.375 e. The van der Waals surface area contributed by atoms with Gasteiger partial charge in [0.05, 0.1) is 22.1 Å². The summed E-state index contributed by atoms with van der Waals surface area (Å²) in [6.45, 7) is 13.5. The Morgan fingerprint density at radius 2 is 1.83 bits per heavy atom. The SMILES string of the molecule is C=C(C)Nc1ncc(-c2ccc3ncc4c(=O)[nH]c(=O)n(C5CCN(C(=C)CC)CC5)c4c3n2)cn1. The number of nitrogens with one attached hydrogen (secondary N) is 2. The molecule has 0 amide bonds. The minimum atomic E-state index is -0.469. The van der Waals surface area contributed by atoms with E-state index in [1.165, 1.54) is 6.20 Å². The summed E-state index contributed by atoms with van der Waals surface area (Å²) < 4.78 is 1.69. The van der Waals surface area contributed by atoms with Crippen molar-refractivity contribution in [2.24, 2.45) is 0 Å². The summed E-state index contributed by atoms with van der Waals surface area (Å²) >= 11 is 0. The van der Waals surface area contributed by atoms with Crippen LogP contribution >= 0.6 is 0 Å². The third-order valence-corrected chi connectivity index (χ3v) is 6.57. The first-order valence-electron chi connectivity index (χ1n) is 12.0. The van der Waals surface area contributed by atoms with Gasteiger partial charge < -0.3 is 10.2 Å². The van der Waals surface area contributed by atoms with Crippen molar-refractivity contribution in [2.75, 3.05) is 18.4 Å². The van der Waals surface area contributed by atoms with E-state index in [9.17, 15) is 9.59 Å². The minimum Gasteiger partial charge on any atom is -0.375 e. The number of nitrogens with zero attached hydrogens (tertiary/aromatic N) is 6. The second kappa shape index (κ2) is 9.37. The predicted octanol–water partition coefficient (Wildman–Crippen LogP) is 3.60. The van der Waals surface area contributed by atoms with E-state index < -0.39 is 11.2 Å². The number of fused-ring (bicyclic) bond motifs is 3. The highest BCUT2D eigenvalue weighted by atomic mass is 16.2. The topological polar surface area (TPSA) is 122 Å². The number of aromatic amines is 1. The van der Waals surface area contributed by atoms with Crippen molar-refractivity contribution < 1.29 is 0 Å². The molecule has 5 rings (SSSR count). The monoisotopic (exact) mass is 484 g/mol. The van der Waals surface area contributed by atoms with Crippen molar-refractivity contribution in [3.8, 4) is 11.3 Å². The molecule has 4 aromatic rings. The van der Waals surface area contributed by atoms with Crippen molar-refractivity contribution in [3.63, 3.8) is 0 Å². The van der Waals surface area contributed by atoms with Crippen LogP contribution in [0.3, 0.4) is 0 Å². The van der Waals surface area contributed by atoms with Crippen molar-refractivity contribution >= 4 is 27.9 Å². The molecule has 1 saturated heterocycles. The summed E-state index contributed by atoms with van der Waals surface area (Å²) in [5.74, 6) is 0.441. The van der Waals surface area contributed by atoms with E-state index in [0.29, 0.717) is 39.1 Å². The number of hydrogen-bond acceptors (Lipinski definition) is 8. The Morgan fingerprint density at radius 3 is 2.50 bits per heavy atom. The van der Waals surface area contributed by atoms with Gasteiger partial charge in [-0.1, -0.05) is 20.1 Å². The second-order valence-corrected chi connectivity index (χ2v) is 9.05. The van der Waals surface area contributed by atoms with E-state index in [1.807, 2.05) is 19.1 Å². The van der Waals surface area contributed by atoms with Crippen LogP contribution in [0.25, 0.3) is 33.2 Å². The van der Waals surface area contributed by atoms with Gasteiger partial charge in [-0.05, 0) is 38.3 Å². The second-order valence-electron chi connectivity index (χ2n) is 9.05. The zero-order valence-corrected chi connectivity index (χ0v) is 20.4. The van der Waals surface area contributed by atoms with Crippen LogP contribution in [0.15, 0.2) is 64.9 Å². The molecule has 5 heterocycles. The summed E-state index contributed by atoms with van der Waals surface area (Å²) in [7, 11) is 0. The maximum atomic E-state index is 13.1. The van der Waals surface area contributed by atoms with E-state index in [2.05, 4.69) is 50.2 Å². The van der Waals surface area contributed by atoms with Crippen LogP contribution in [0.2, 0.25) is 0 Å². The Kier molecular flexibility index (Phi) is 6.09. The normalized spacial score (nSPS) is 14.3. The fraction of sp³-hybridized carbons (Fsp3) is 0.308. The molecule has 0 saturated carbocycles. The molecule has 10 nitrogen and oxygen atoms in total. The maximum absolute atomic E-state index is 13.1. The molecule has 36 heavy (non-hydrogen) atoms. The average molecular weight is 485 g/mol. The molecule has 1 fully saturated rings. The highest BCUT2D eigenvalue weighted by Gasteiger charge is 2.25. The standard InChI is InChI=1S/C26H28N8O2/c1-5-16(4)33-10-8-18(9-11-33)34-23-19(24(35)32-26(34)36)14-27-21-7-6-20(31-22(21)23)17-12-28-25(29-13-17)30-15(2)3/h6-7,12-14,18H,2,4-5,8-11H2,1,3H3,(H,28,29,30)(H,32,35,36). The van der Waals surface area contributed by atoms with Crippen LogP contribution in [0.5, 0.6) is 0 Å². The molecule has 0 unspecified atom stereocenters. The van der Waals surface area contributed by atoms with Crippen LogP contribution < -0.4 is 16.6 Å². The van der Waals surface area contributed by atoms with E-state index in [1.54, 1.807) is 17.0 Å². The summed E-state index contributed by atoms with van der Waals surface area (Å²) in [6, 6.07) is 3.58. The van der Waals surface area contributed by atoms with Gasteiger partial charge in [0.2, 0.25) is 5.95 Å². The minimum absolute atomic E-state index is 0.0790. The predicted molar refractivity (Wildman–Crippen MR) is 141 cm³/mol. The summed E-state index contributed by atoms with van der Waals surface area (Å²) in [6.07, 6.45) is 7.26. The Balaban J connectivity index is 1.63. The Labute approximate surface area is 207 Å². The van der Waals surface area contributed by atoms with Crippen molar-refractivity contribution in [1.82, 2.24) is 34.4 Å². The van der Waals surface area contributed by atoms with Gasteiger partial charge in [0, 0.05) is 54.7 Å². The van der Waals surface area contributed by atoms with Gasteiger partial charge >= 0.3 is 5.69 Å². The number of anilines is 1. The quantitative estimate of drug-likeness (QED) is 0.398. The molecular formula is C26H28N8O2. The van der Waals surface area contributed by atoms with Crippen molar-refractivity contribution in [1.29, 1.82) is 0 Å². The fourth-order valence-electron chi connectivity index (χ4n) is 4.68. The molecule has 10 heteroatoms. The smallest absolute Gasteiger partial charge is 0.329 e. The highest BCUT2D eigenvalue weighted by Crippen LogP contribution is 2.29. The number of H-pyrrole nitrogens is 1. The van der Waals surface area contributed by atoms with Gasteiger partial charge in [0.1, 0.15) is 5.52 Å². The number of rotatable bonds is 6. The molecular weight excluding hydrogens is 456 g/mol. The molecule has 0 radical (unpaired) electrons. The zero-order valence-electron chi connectivity index (χ0n) is 20.4. The van der Waals surface area contributed by atoms with Gasteiger partial charge in [-0.3, -0.25) is 19.3 Å². The van der Waals surface area contributed by atoms with Gasteiger partial charge in [-0.25, -0.2) is 19.7 Å². The first-order valence-corrected chi connectivity index (χ1v) is 12.0. The maximum Gasteiger partial charge on any atom is 0.329 e. The molecule has 0 aromatic carbocycles. The first kappa shape index (κ1) is 23.4. The Bertz CT molecular complexity index is 1600. The molecule has 0 atom stereocenters. The zero-order chi connectivity index (χ0) is 25.4. The van der Waals surface area contributed by atoms with E-state index in [-0.39, 0.29) is 6.04 Å². The molecule has 2 N–H and O–H groups in total. The van der Waals surface area contributed by atoms with E-state index in [4.69, 9.17) is 4.98 Å². The van der Waals surface area contributed by atoms with Gasteiger partial charge in [0.15, 0.2) is 0 Å². The summed E-state index contributed by atoms with van der Waals surface area (Å²) in [5, 5.41) is 3.31. The Morgan fingerprint density at radius 1 is 1.11 bits per heavy atom. The Hall–Kier alpha value is -4.34. The molecule has 0 aliphatic carbocycles. The molecule has 184 valence electrons. The van der Waals surface area contributed by atoms with Crippen molar-refractivity contribution in [3.05, 3.63) is 76.1 Å². The fourth-order valence-corrected chi connectivity index (χ4v) is 4.68. The number of likely N-dealkylation sites (tertiary alicyclic amines) is 1. The van der Waals surface area contributed by atoms with Crippen LogP contribution in [0, 0.1) is 0 Å². The molecule has 4 aromatic heterocycles. The van der Waals surface area contributed by atoms with E-state index in [0.717, 1.165) is 43.7 Å². The average Bonchev–Trinajstić information content (AvgIpc) is 2.88. The van der Waals surface area contributed by atoms with Gasteiger partial charge in [-0.15, -0.1) is 0 Å². The lowest BCUT2D eigenvalue weighted by molar-refractivity contribution is 0.224. The summed E-state index contributed by atoms with van der Waals surface area (Å²) in [4.78, 5) is 48.6. The lowest BCUT2D eigenvalue weighted by Gasteiger charge is -2.35. The molecule has 0 bridgehead atoms. The third kappa shape index (κ3) is 4.26. The van der Waals surface area contributed by atoms with Crippen LogP contribution in [-0.2, 0) is 0 Å². The highest BCUT2D eigenvalue weighted by molar-refractivity contribution is 6.01. The van der Waals surface area contributed by atoms with Crippen LogP contribution in [0.4, 0.5) is 5.95 Å². The third-order valence-electron chi connectivity index (χ3n) is 6.57. The lowest BCUT2D eigenvalue weighted by Crippen LogP contribution is -2.39. The number of aromatic nitrogens is 6. The van der Waals surface area contributed by atoms with Crippen LogP contribution in [-0.4, -0.2) is 47.5 Å². The van der Waals surface area contributed by atoms with Gasteiger partial charge in [0.25, 0.3) is 5.56 Å². The number of hydrogen-bond donors (Lipinski definition) is 2. The molecule has 1 aliphatic rings. The first-order chi connectivity index (χ1) is 17.4. The lowest BCUT2D eigenvalue weighted by atomic mass is 10.0. The van der Waals surface area contributed by atoms with Crippen molar-refractivity contribution in [2.45, 2.75) is 39.2 Å². The van der Waals surface area contributed by atoms with E-state index >= 15 is 0 Å². The number of allylic oxidation sites excluding steroid dienone is 2. The molecule has 0 spiro atoms. The molecule has 1 aliphatic heterocycles.